The predicted molar refractivity (Wildman–Crippen MR) is 157 cm³/mol. The van der Waals surface area contributed by atoms with Crippen LogP contribution in [0.25, 0.3) is 0 Å². The molecule has 5 aliphatic rings. The molecule has 0 aromatic carbocycles. The maximum Gasteiger partial charge on any atom is -0.0241 e. The summed E-state index contributed by atoms with van der Waals surface area (Å²) in [6, 6.07) is 0. The molecule has 6 unspecified atom stereocenters. The Kier molecular flexibility index (Phi) is 9.53. The van der Waals surface area contributed by atoms with Crippen molar-refractivity contribution in [2.24, 2.45) is 52.3 Å². The fraction of sp³-hybridized carbons (Fsp3) is 1.00. The van der Waals surface area contributed by atoms with E-state index < -0.39 is 0 Å². The zero-order valence-corrected chi connectivity index (χ0v) is 25.0. The summed E-state index contributed by atoms with van der Waals surface area (Å²) in [5.41, 5.74) is 1.26. The molecule has 0 bridgehead atoms. The van der Waals surface area contributed by atoms with E-state index in [0.717, 1.165) is 41.4 Å². The second kappa shape index (κ2) is 12.5. The molecule has 5 aliphatic carbocycles. The van der Waals surface area contributed by atoms with Crippen LogP contribution < -0.4 is 0 Å². The molecule has 5 saturated carbocycles. The molecule has 0 amide bonds. The maximum absolute atomic E-state index is 2.83. The molecule has 0 aromatic heterocycles. The van der Waals surface area contributed by atoms with Crippen LogP contribution in [0.3, 0.4) is 0 Å². The van der Waals surface area contributed by atoms with Gasteiger partial charge in [0.15, 0.2) is 0 Å². The molecule has 36 heavy (non-hydrogen) atoms. The van der Waals surface area contributed by atoms with Gasteiger partial charge in [-0.2, -0.15) is 0 Å². The van der Waals surface area contributed by atoms with Crippen LogP contribution in [0, 0.1) is 52.3 Å². The lowest BCUT2D eigenvalue weighted by Gasteiger charge is -2.61. The highest BCUT2D eigenvalue weighted by Crippen LogP contribution is 2.64. The van der Waals surface area contributed by atoms with Gasteiger partial charge in [-0.3, -0.25) is 0 Å². The Bertz CT molecular complexity index is 643. The van der Waals surface area contributed by atoms with Crippen LogP contribution in [0.5, 0.6) is 0 Å². The summed E-state index contributed by atoms with van der Waals surface area (Å²) in [5, 5.41) is 0. The van der Waals surface area contributed by atoms with Gasteiger partial charge in [0, 0.05) is 0 Å². The van der Waals surface area contributed by atoms with Gasteiger partial charge in [0.25, 0.3) is 0 Å². The molecule has 0 heterocycles. The molecular formula is C36H64. The third kappa shape index (κ3) is 5.93. The van der Waals surface area contributed by atoms with Gasteiger partial charge in [-0.15, -0.1) is 0 Å². The Hall–Kier alpha value is 0. The van der Waals surface area contributed by atoms with E-state index in [1.54, 1.807) is 64.2 Å². The van der Waals surface area contributed by atoms with E-state index in [9.17, 15) is 0 Å². The highest BCUT2D eigenvalue weighted by Gasteiger charge is 2.55. The van der Waals surface area contributed by atoms with E-state index in [1.165, 1.54) is 89.9 Å². The average Bonchev–Trinajstić information content (AvgIpc) is 2.92. The fourth-order valence-electron chi connectivity index (χ4n) is 11.4. The third-order valence-electron chi connectivity index (χ3n) is 13.9. The first-order valence-electron chi connectivity index (χ1n) is 17.5. The molecule has 5 fully saturated rings. The Labute approximate surface area is 226 Å². The smallest absolute Gasteiger partial charge is 0.0241 e. The van der Waals surface area contributed by atoms with Gasteiger partial charge in [-0.1, -0.05) is 136 Å². The number of hydrogen-bond acceptors (Lipinski definition) is 0. The van der Waals surface area contributed by atoms with E-state index in [-0.39, 0.29) is 0 Å². The van der Waals surface area contributed by atoms with Crippen molar-refractivity contribution in [2.45, 2.75) is 175 Å². The first kappa shape index (κ1) is 27.6. The largest absolute Gasteiger partial charge is 0.0622 e. The normalized spacial score (nSPS) is 38.2. The van der Waals surface area contributed by atoms with Gasteiger partial charge >= 0.3 is 0 Å². The van der Waals surface area contributed by atoms with E-state index in [1.807, 2.05) is 0 Å². The van der Waals surface area contributed by atoms with E-state index in [4.69, 9.17) is 0 Å². The summed E-state index contributed by atoms with van der Waals surface area (Å²) in [6.07, 6.45) is 37.1. The summed E-state index contributed by atoms with van der Waals surface area (Å²) < 4.78 is 0. The quantitative estimate of drug-likeness (QED) is 0.313. The van der Waals surface area contributed by atoms with Crippen molar-refractivity contribution in [1.29, 1.82) is 0 Å². The molecule has 0 radical (unpaired) electrons. The van der Waals surface area contributed by atoms with Crippen LogP contribution >= 0.6 is 0 Å². The zero-order valence-electron chi connectivity index (χ0n) is 25.0. The van der Waals surface area contributed by atoms with E-state index in [2.05, 4.69) is 20.8 Å². The molecule has 208 valence electrons. The van der Waals surface area contributed by atoms with Crippen molar-refractivity contribution in [3.05, 3.63) is 0 Å². The molecule has 0 N–H and O–H groups in total. The molecular weight excluding hydrogens is 432 g/mol. The number of fused-ring (bicyclic) bond motifs is 1. The Morgan fingerprint density at radius 3 is 1.69 bits per heavy atom. The van der Waals surface area contributed by atoms with Gasteiger partial charge in [-0.25, -0.2) is 0 Å². The molecule has 6 atom stereocenters. The topological polar surface area (TPSA) is 0 Å². The van der Waals surface area contributed by atoms with E-state index >= 15 is 0 Å². The van der Waals surface area contributed by atoms with Crippen LogP contribution in [0.15, 0.2) is 0 Å². The summed E-state index contributed by atoms with van der Waals surface area (Å²) >= 11 is 0. The van der Waals surface area contributed by atoms with Gasteiger partial charge in [0.05, 0.1) is 0 Å². The SMILES string of the molecule is CC(CC(CC(C1CCCCC1)C1CCCC2(C)CCCCC12C)C1CCCCC1)C1CCCCC1. The lowest BCUT2D eigenvalue weighted by Crippen LogP contribution is -2.52. The molecule has 0 saturated heterocycles. The summed E-state index contributed by atoms with van der Waals surface area (Å²) in [7, 11) is 0. The van der Waals surface area contributed by atoms with Gasteiger partial charge in [0.2, 0.25) is 0 Å². The van der Waals surface area contributed by atoms with E-state index in [0.29, 0.717) is 10.8 Å². The summed E-state index contributed by atoms with van der Waals surface area (Å²) in [6.45, 7) is 8.27. The van der Waals surface area contributed by atoms with Crippen LogP contribution in [-0.2, 0) is 0 Å². The van der Waals surface area contributed by atoms with Crippen LogP contribution in [0.4, 0.5) is 0 Å². The molecule has 0 heteroatoms. The number of hydrogen-bond donors (Lipinski definition) is 0. The standard InChI is InChI=1S/C36H64/c1-28(29-16-7-4-8-17-29)26-32(30-18-9-5-10-19-30)27-33(31-20-11-6-12-21-31)34-22-15-24-35(2)23-13-14-25-36(34,35)3/h28-34H,4-27H2,1-3H3. The molecule has 0 aromatic rings. The van der Waals surface area contributed by atoms with Crippen molar-refractivity contribution in [1.82, 2.24) is 0 Å². The van der Waals surface area contributed by atoms with Gasteiger partial charge in [-0.05, 0) is 90.8 Å². The first-order chi connectivity index (χ1) is 17.5. The summed E-state index contributed by atoms with van der Waals surface area (Å²) in [5.74, 6) is 7.24. The minimum atomic E-state index is 0.623. The fourth-order valence-corrected chi connectivity index (χ4v) is 11.4. The van der Waals surface area contributed by atoms with Gasteiger partial charge < -0.3 is 0 Å². The van der Waals surface area contributed by atoms with Crippen molar-refractivity contribution in [2.75, 3.05) is 0 Å². The van der Waals surface area contributed by atoms with Crippen LogP contribution in [0.1, 0.15) is 175 Å². The molecule has 0 spiro atoms. The van der Waals surface area contributed by atoms with Crippen molar-refractivity contribution in [3.8, 4) is 0 Å². The molecule has 5 rings (SSSR count). The zero-order chi connectivity index (χ0) is 25.0. The Balaban J connectivity index is 1.40. The lowest BCUT2D eigenvalue weighted by molar-refractivity contribution is -0.112. The highest BCUT2D eigenvalue weighted by atomic mass is 14.6. The Morgan fingerprint density at radius 2 is 1.06 bits per heavy atom. The monoisotopic (exact) mass is 497 g/mol. The average molecular weight is 497 g/mol. The van der Waals surface area contributed by atoms with Crippen molar-refractivity contribution >= 4 is 0 Å². The van der Waals surface area contributed by atoms with Crippen LogP contribution in [-0.4, -0.2) is 0 Å². The maximum atomic E-state index is 2.83. The van der Waals surface area contributed by atoms with Crippen LogP contribution in [0.2, 0.25) is 0 Å². The molecule has 0 aliphatic heterocycles. The predicted octanol–water partition coefficient (Wildman–Crippen LogP) is 11.8. The minimum absolute atomic E-state index is 0.623. The van der Waals surface area contributed by atoms with Crippen molar-refractivity contribution in [3.63, 3.8) is 0 Å². The summed E-state index contributed by atoms with van der Waals surface area (Å²) in [4.78, 5) is 0. The highest BCUT2D eigenvalue weighted by molar-refractivity contribution is 5.05. The molecule has 0 nitrogen and oxygen atoms in total. The van der Waals surface area contributed by atoms with Gasteiger partial charge in [0.1, 0.15) is 0 Å². The Morgan fingerprint density at radius 1 is 0.528 bits per heavy atom. The first-order valence-corrected chi connectivity index (χ1v) is 17.5. The van der Waals surface area contributed by atoms with Crippen molar-refractivity contribution < 1.29 is 0 Å². The second-order valence-corrected chi connectivity index (χ2v) is 15.8. The minimum Gasteiger partial charge on any atom is -0.0622 e. The second-order valence-electron chi connectivity index (χ2n) is 15.8. The third-order valence-corrected chi connectivity index (χ3v) is 13.9. The lowest BCUT2D eigenvalue weighted by atomic mass is 9.44. The number of rotatable bonds is 8.